The predicted octanol–water partition coefficient (Wildman–Crippen LogP) is 1.21. The topological polar surface area (TPSA) is 51.8 Å². The summed E-state index contributed by atoms with van der Waals surface area (Å²) in [7, 11) is 0. The summed E-state index contributed by atoms with van der Waals surface area (Å²) in [5, 5.41) is 0. The molecule has 0 aliphatic rings. The number of hydrogen-bond acceptors (Lipinski definition) is 3. The van der Waals surface area contributed by atoms with Crippen LogP contribution in [0.15, 0.2) is 12.4 Å². The molecule has 0 saturated carbocycles. The van der Waals surface area contributed by atoms with E-state index in [1.54, 1.807) is 6.20 Å². The van der Waals surface area contributed by atoms with Crippen molar-refractivity contribution in [2.75, 3.05) is 5.73 Å². The van der Waals surface area contributed by atoms with E-state index in [2.05, 4.69) is 28.7 Å². The molecule has 1 heterocycles. The van der Waals surface area contributed by atoms with Crippen molar-refractivity contribution in [2.24, 2.45) is 0 Å². The number of nitrogens with two attached hydrogens (primary N) is 1. The van der Waals surface area contributed by atoms with Crippen molar-refractivity contribution < 1.29 is 0 Å². The lowest BCUT2D eigenvalue weighted by molar-refractivity contribution is 0.982. The highest BCUT2D eigenvalue weighted by atomic mass is 14.9. The van der Waals surface area contributed by atoms with E-state index >= 15 is 0 Å². The molecule has 0 radical (unpaired) electrons. The zero-order chi connectivity index (χ0) is 8.81. The average molecular weight is 161 g/mol. The molecule has 0 atom stereocenters. The Labute approximate surface area is 72.0 Å². The third-order valence-corrected chi connectivity index (χ3v) is 1.26. The Bertz CT molecular complexity index is 292. The number of hydrogen-bond donors (Lipinski definition) is 1. The van der Waals surface area contributed by atoms with Gasteiger partial charge < -0.3 is 5.73 Å². The smallest absolute Gasteiger partial charge is 0.141 e. The van der Waals surface area contributed by atoms with Crippen molar-refractivity contribution in [3.05, 3.63) is 18.1 Å². The maximum absolute atomic E-state index is 5.36. The Hall–Kier alpha value is -1.56. The minimum Gasteiger partial charge on any atom is -0.382 e. The average Bonchev–Trinajstić information content (AvgIpc) is 2.09. The largest absolute Gasteiger partial charge is 0.382 e. The van der Waals surface area contributed by atoms with Crippen LogP contribution in [0.4, 0.5) is 5.82 Å². The minimum atomic E-state index is 0.427. The standard InChI is InChI=1S/C9H11N3/c1-2-3-4-5-8-6-12-9(10)7-11-8/h6-7H,2-3H2,1H3,(H2,10,12). The van der Waals surface area contributed by atoms with Gasteiger partial charge in [0.05, 0.1) is 12.4 Å². The summed E-state index contributed by atoms with van der Waals surface area (Å²) >= 11 is 0. The second-order valence-electron chi connectivity index (χ2n) is 2.38. The molecule has 3 heteroatoms. The van der Waals surface area contributed by atoms with Crippen LogP contribution in [0, 0.1) is 11.8 Å². The molecule has 3 nitrogen and oxygen atoms in total. The molecule has 0 aliphatic carbocycles. The first-order valence-corrected chi connectivity index (χ1v) is 3.89. The summed E-state index contributed by atoms with van der Waals surface area (Å²) in [5.41, 5.74) is 6.04. The van der Waals surface area contributed by atoms with Crippen LogP contribution in [0.25, 0.3) is 0 Å². The van der Waals surface area contributed by atoms with Crippen molar-refractivity contribution in [3.8, 4) is 11.8 Å². The third-order valence-electron chi connectivity index (χ3n) is 1.26. The van der Waals surface area contributed by atoms with Gasteiger partial charge in [-0.2, -0.15) is 0 Å². The molecule has 0 spiro atoms. The third kappa shape index (κ3) is 2.59. The lowest BCUT2D eigenvalue weighted by Crippen LogP contribution is -1.92. The zero-order valence-corrected chi connectivity index (χ0v) is 7.04. The van der Waals surface area contributed by atoms with Gasteiger partial charge in [-0.25, -0.2) is 9.97 Å². The molecule has 1 aromatic rings. The lowest BCUT2D eigenvalue weighted by Gasteiger charge is -1.89. The number of unbranched alkanes of at least 4 members (excludes halogenated alkanes) is 1. The molecule has 0 amide bonds. The van der Waals surface area contributed by atoms with E-state index in [4.69, 9.17) is 5.73 Å². The summed E-state index contributed by atoms with van der Waals surface area (Å²) in [5.74, 6) is 6.30. The molecule has 2 N–H and O–H groups in total. The molecule has 0 saturated heterocycles. The Balaban J connectivity index is 2.66. The normalized spacial score (nSPS) is 8.75. The SMILES string of the molecule is CCCC#Cc1cnc(N)cn1. The van der Waals surface area contributed by atoms with Crippen LogP contribution in [0.5, 0.6) is 0 Å². The first-order chi connectivity index (χ1) is 5.83. The van der Waals surface area contributed by atoms with Crippen LogP contribution in [-0.2, 0) is 0 Å². The Morgan fingerprint density at radius 2 is 2.25 bits per heavy atom. The van der Waals surface area contributed by atoms with Crippen LogP contribution in [0.3, 0.4) is 0 Å². The summed E-state index contributed by atoms with van der Waals surface area (Å²) in [6.07, 6.45) is 5.05. The fraction of sp³-hybridized carbons (Fsp3) is 0.333. The van der Waals surface area contributed by atoms with Crippen LogP contribution in [0.2, 0.25) is 0 Å². The van der Waals surface area contributed by atoms with E-state index in [1.807, 2.05) is 0 Å². The van der Waals surface area contributed by atoms with Gasteiger partial charge in [-0.05, 0) is 12.3 Å². The molecule has 1 rings (SSSR count). The van der Waals surface area contributed by atoms with Gasteiger partial charge in [0, 0.05) is 6.42 Å². The van der Waals surface area contributed by atoms with Crippen LogP contribution in [0.1, 0.15) is 25.5 Å². The van der Waals surface area contributed by atoms with E-state index in [9.17, 15) is 0 Å². The van der Waals surface area contributed by atoms with Crippen molar-refractivity contribution >= 4 is 5.82 Å². The maximum Gasteiger partial charge on any atom is 0.141 e. The Morgan fingerprint density at radius 1 is 1.42 bits per heavy atom. The summed E-state index contributed by atoms with van der Waals surface area (Å²) < 4.78 is 0. The number of nitrogens with zero attached hydrogens (tertiary/aromatic N) is 2. The number of rotatable bonds is 1. The monoisotopic (exact) mass is 161 g/mol. The van der Waals surface area contributed by atoms with Gasteiger partial charge in [0.1, 0.15) is 11.5 Å². The number of nitrogen functional groups attached to an aromatic ring is 1. The van der Waals surface area contributed by atoms with Gasteiger partial charge >= 0.3 is 0 Å². The highest BCUT2D eigenvalue weighted by molar-refractivity contribution is 5.30. The summed E-state index contributed by atoms with van der Waals surface area (Å²) in [6, 6.07) is 0. The van der Waals surface area contributed by atoms with Gasteiger partial charge in [0.15, 0.2) is 0 Å². The fourth-order valence-electron chi connectivity index (χ4n) is 0.681. The quantitative estimate of drug-likeness (QED) is 0.630. The minimum absolute atomic E-state index is 0.427. The van der Waals surface area contributed by atoms with Crippen molar-refractivity contribution in [1.29, 1.82) is 0 Å². The molecule has 1 aromatic heterocycles. The predicted molar refractivity (Wildman–Crippen MR) is 48.2 cm³/mol. The van der Waals surface area contributed by atoms with Crippen LogP contribution in [-0.4, -0.2) is 9.97 Å². The molecule has 0 unspecified atom stereocenters. The van der Waals surface area contributed by atoms with Crippen LogP contribution >= 0.6 is 0 Å². The highest BCUT2D eigenvalue weighted by Crippen LogP contribution is 1.93. The first-order valence-electron chi connectivity index (χ1n) is 3.89. The van der Waals surface area contributed by atoms with E-state index < -0.39 is 0 Å². The van der Waals surface area contributed by atoms with Gasteiger partial charge in [0.25, 0.3) is 0 Å². The van der Waals surface area contributed by atoms with Gasteiger partial charge in [-0.1, -0.05) is 12.8 Å². The Kier molecular flexibility index (Phi) is 3.09. The Morgan fingerprint density at radius 3 is 2.83 bits per heavy atom. The van der Waals surface area contributed by atoms with Gasteiger partial charge in [-0.3, -0.25) is 0 Å². The number of aromatic nitrogens is 2. The van der Waals surface area contributed by atoms with Crippen molar-refractivity contribution in [3.63, 3.8) is 0 Å². The molecule has 12 heavy (non-hydrogen) atoms. The fourth-order valence-corrected chi connectivity index (χ4v) is 0.681. The first kappa shape index (κ1) is 8.54. The van der Waals surface area contributed by atoms with Crippen LogP contribution < -0.4 is 5.73 Å². The van der Waals surface area contributed by atoms with Crippen molar-refractivity contribution in [1.82, 2.24) is 9.97 Å². The zero-order valence-electron chi connectivity index (χ0n) is 7.04. The molecule has 62 valence electrons. The number of anilines is 1. The van der Waals surface area contributed by atoms with Crippen molar-refractivity contribution in [2.45, 2.75) is 19.8 Å². The second-order valence-corrected chi connectivity index (χ2v) is 2.38. The molecular formula is C9H11N3. The highest BCUT2D eigenvalue weighted by Gasteiger charge is 1.87. The molecular weight excluding hydrogens is 150 g/mol. The molecule has 0 fully saturated rings. The summed E-state index contributed by atoms with van der Waals surface area (Å²) in [6.45, 7) is 2.09. The van der Waals surface area contributed by atoms with E-state index in [-0.39, 0.29) is 0 Å². The summed E-state index contributed by atoms with van der Waals surface area (Å²) in [4.78, 5) is 7.86. The molecule has 0 bridgehead atoms. The van der Waals surface area contributed by atoms with E-state index in [0.29, 0.717) is 11.5 Å². The van der Waals surface area contributed by atoms with Gasteiger partial charge in [0.2, 0.25) is 0 Å². The van der Waals surface area contributed by atoms with E-state index in [1.165, 1.54) is 6.20 Å². The lowest BCUT2D eigenvalue weighted by atomic mass is 10.3. The maximum atomic E-state index is 5.36. The second kappa shape index (κ2) is 4.35. The van der Waals surface area contributed by atoms with Gasteiger partial charge in [-0.15, -0.1) is 0 Å². The van der Waals surface area contributed by atoms with E-state index in [0.717, 1.165) is 12.8 Å². The molecule has 0 aliphatic heterocycles. The molecule has 0 aromatic carbocycles.